The second kappa shape index (κ2) is 6.95. The number of nitriles is 1. The molecule has 1 aliphatic rings. The monoisotopic (exact) mass is 286 g/mol. The molecule has 1 N–H and O–H groups in total. The summed E-state index contributed by atoms with van der Waals surface area (Å²) in [5.74, 6) is 1.01. The summed E-state index contributed by atoms with van der Waals surface area (Å²) in [6, 6.07) is 9.36. The van der Waals surface area contributed by atoms with E-state index >= 15 is 0 Å². The van der Waals surface area contributed by atoms with Gasteiger partial charge in [-0.1, -0.05) is 18.2 Å². The molecule has 0 saturated heterocycles. The third-order valence-electron chi connectivity index (χ3n) is 3.95. The van der Waals surface area contributed by atoms with E-state index in [-0.39, 0.29) is 5.41 Å². The summed E-state index contributed by atoms with van der Waals surface area (Å²) >= 11 is 0. The zero-order chi connectivity index (χ0) is 15.3. The summed E-state index contributed by atoms with van der Waals surface area (Å²) in [4.78, 5) is 0. The summed E-state index contributed by atoms with van der Waals surface area (Å²) in [6.45, 7) is 7.60. The molecule has 3 nitrogen and oxygen atoms in total. The van der Waals surface area contributed by atoms with Crippen LogP contribution in [0.25, 0.3) is 0 Å². The van der Waals surface area contributed by atoms with E-state index in [0.29, 0.717) is 12.6 Å². The standard InChI is InChI=1S/C18H26N2O/c1-14-6-4-7-15(12-20-16-8-9-16)17(14)21-11-5-10-18(2,3)13-19/h4,6-7,16,20H,5,8-12H2,1-3H3. The Morgan fingerprint density at radius 3 is 2.81 bits per heavy atom. The molecule has 0 aliphatic heterocycles. The molecule has 1 fully saturated rings. The molecule has 0 heterocycles. The first-order valence-corrected chi connectivity index (χ1v) is 7.88. The van der Waals surface area contributed by atoms with Gasteiger partial charge in [-0.2, -0.15) is 5.26 Å². The van der Waals surface area contributed by atoms with Crippen LogP contribution in [-0.4, -0.2) is 12.6 Å². The zero-order valence-electron chi connectivity index (χ0n) is 13.4. The van der Waals surface area contributed by atoms with Gasteiger partial charge >= 0.3 is 0 Å². The third-order valence-corrected chi connectivity index (χ3v) is 3.95. The second-order valence-corrected chi connectivity index (χ2v) is 6.67. The molecule has 1 aliphatic carbocycles. The quantitative estimate of drug-likeness (QED) is 0.736. The number of nitrogens with one attached hydrogen (secondary N) is 1. The molecular weight excluding hydrogens is 260 g/mol. The maximum Gasteiger partial charge on any atom is 0.126 e. The van der Waals surface area contributed by atoms with Crippen LogP contribution in [-0.2, 0) is 6.54 Å². The number of ether oxygens (including phenoxy) is 1. The minimum atomic E-state index is -0.258. The summed E-state index contributed by atoms with van der Waals surface area (Å²) in [5.41, 5.74) is 2.16. The first-order chi connectivity index (χ1) is 10.0. The molecule has 114 valence electrons. The first-order valence-electron chi connectivity index (χ1n) is 7.88. The highest BCUT2D eigenvalue weighted by molar-refractivity contribution is 5.40. The van der Waals surface area contributed by atoms with Crippen molar-refractivity contribution in [1.29, 1.82) is 5.26 Å². The van der Waals surface area contributed by atoms with Crippen LogP contribution in [0.4, 0.5) is 0 Å². The molecule has 0 unspecified atom stereocenters. The molecule has 3 heteroatoms. The number of hydrogen-bond donors (Lipinski definition) is 1. The largest absolute Gasteiger partial charge is 0.493 e. The highest BCUT2D eigenvalue weighted by Crippen LogP contribution is 2.27. The average molecular weight is 286 g/mol. The van der Waals surface area contributed by atoms with Crippen molar-refractivity contribution >= 4 is 0 Å². The lowest BCUT2D eigenvalue weighted by atomic mass is 9.90. The lowest BCUT2D eigenvalue weighted by molar-refractivity contribution is 0.280. The van der Waals surface area contributed by atoms with Gasteiger partial charge in [0.25, 0.3) is 0 Å². The van der Waals surface area contributed by atoms with Gasteiger partial charge in [-0.3, -0.25) is 0 Å². The van der Waals surface area contributed by atoms with Crippen molar-refractivity contribution in [3.8, 4) is 11.8 Å². The van der Waals surface area contributed by atoms with Gasteiger partial charge in [0.05, 0.1) is 18.1 Å². The average Bonchev–Trinajstić information content (AvgIpc) is 3.27. The molecule has 21 heavy (non-hydrogen) atoms. The van der Waals surface area contributed by atoms with Gasteiger partial charge in [0.1, 0.15) is 5.75 Å². The van der Waals surface area contributed by atoms with Crippen molar-refractivity contribution in [2.75, 3.05) is 6.61 Å². The Bertz CT molecular complexity index is 512. The Balaban J connectivity index is 1.87. The van der Waals surface area contributed by atoms with E-state index in [2.05, 4.69) is 36.5 Å². The molecule has 0 atom stereocenters. The number of hydrogen-bond acceptors (Lipinski definition) is 3. The van der Waals surface area contributed by atoms with Crippen molar-refractivity contribution in [2.45, 2.75) is 59.0 Å². The van der Waals surface area contributed by atoms with Gasteiger partial charge in [0.15, 0.2) is 0 Å². The topological polar surface area (TPSA) is 45.0 Å². The fourth-order valence-electron chi connectivity index (χ4n) is 2.34. The fraction of sp³-hybridized carbons (Fsp3) is 0.611. The smallest absolute Gasteiger partial charge is 0.126 e. The SMILES string of the molecule is Cc1cccc(CNC2CC2)c1OCCCC(C)(C)C#N. The van der Waals surface area contributed by atoms with Crippen LogP contribution in [0.2, 0.25) is 0 Å². The Labute approximate surface area is 128 Å². The number of nitrogens with zero attached hydrogens (tertiary/aromatic N) is 1. The molecule has 1 aromatic rings. The van der Waals surface area contributed by atoms with E-state index in [9.17, 15) is 0 Å². The van der Waals surface area contributed by atoms with Gasteiger partial charge in [-0.05, 0) is 52.0 Å². The van der Waals surface area contributed by atoms with Crippen LogP contribution in [0.1, 0.15) is 50.7 Å². The second-order valence-electron chi connectivity index (χ2n) is 6.67. The van der Waals surface area contributed by atoms with E-state index in [1.807, 2.05) is 13.8 Å². The van der Waals surface area contributed by atoms with Crippen LogP contribution < -0.4 is 10.1 Å². The van der Waals surface area contributed by atoms with Gasteiger partial charge in [-0.25, -0.2) is 0 Å². The van der Waals surface area contributed by atoms with Crippen LogP contribution in [0, 0.1) is 23.7 Å². The Kier molecular flexibility index (Phi) is 5.25. The summed E-state index contributed by atoms with van der Waals surface area (Å²) in [6.07, 6.45) is 4.37. The van der Waals surface area contributed by atoms with E-state index < -0.39 is 0 Å². The normalized spacial score (nSPS) is 14.8. The minimum absolute atomic E-state index is 0.258. The minimum Gasteiger partial charge on any atom is -0.493 e. The summed E-state index contributed by atoms with van der Waals surface area (Å²) in [7, 11) is 0. The van der Waals surface area contributed by atoms with E-state index in [4.69, 9.17) is 10.00 Å². The molecule has 0 bridgehead atoms. The Hall–Kier alpha value is -1.53. The number of benzene rings is 1. The number of aryl methyl sites for hydroxylation is 1. The highest BCUT2D eigenvalue weighted by atomic mass is 16.5. The fourth-order valence-corrected chi connectivity index (χ4v) is 2.34. The maximum absolute atomic E-state index is 9.03. The van der Waals surface area contributed by atoms with Crippen molar-refractivity contribution in [3.63, 3.8) is 0 Å². The Morgan fingerprint density at radius 2 is 2.14 bits per heavy atom. The van der Waals surface area contributed by atoms with Gasteiger partial charge in [0.2, 0.25) is 0 Å². The molecular formula is C18H26N2O. The van der Waals surface area contributed by atoms with Gasteiger partial charge in [0, 0.05) is 18.2 Å². The zero-order valence-corrected chi connectivity index (χ0v) is 13.4. The molecule has 0 radical (unpaired) electrons. The van der Waals surface area contributed by atoms with Crippen molar-refractivity contribution in [3.05, 3.63) is 29.3 Å². The lowest BCUT2D eigenvalue weighted by Gasteiger charge is -2.17. The third kappa shape index (κ3) is 5.06. The molecule has 1 aromatic carbocycles. The van der Waals surface area contributed by atoms with E-state index in [1.54, 1.807) is 0 Å². The number of para-hydroxylation sites is 1. The lowest BCUT2D eigenvalue weighted by Crippen LogP contribution is -2.17. The van der Waals surface area contributed by atoms with Crippen LogP contribution >= 0.6 is 0 Å². The highest BCUT2D eigenvalue weighted by Gasteiger charge is 2.21. The number of rotatable bonds is 8. The van der Waals surface area contributed by atoms with Gasteiger partial charge < -0.3 is 10.1 Å². The first kappa shape index (κ1) is 15.9. The van der Waals surface area contributed by atoms with Gasteiger partial charge in [-0.15, -0.1) is 0 Å². The molecule has 0 amide bonds. The van der Waals surface area contributed by atoms with Crippen molar-refractivity contribution in [2.24, 2.45) is 5.41 Å². The van der Waals surface area contributed by atoms with E-state index in [1.165, 1.54) is 24.0 Å². The molecule has 0 aromatic heterocycles. The van der Waals surface area contributed by atoms with E-state index in [0.717, 1.165) is 25.1 Å². The summed E-state index contributed by atoms with van der Waals surface area (Å²) in [5, 5.41) is 12.6. The molecule has 2 rings (SSSR count). The molecule has 1 saturated carbocycles. The van der Waals surface area contributed by atoms with Crippen molar-refractivity contribution in [1.82, 2.24) is 5.32 Å². The van der Waals surface area contributed by atoms with Crippen molar-refractivity contribution < 1.29 is 4.74 Å². The van der Waals surface area contributed by atoms with Crippen LogP contribution in [0.3, 0.4) is 0 Å². The van der Waals surface area contributed by atoms with Crippen LogP contribution in [0.15, 0.2) is 18.2 Å². The van der Waals surface area contributed by atoms with Crippen LogP contribution in [0.5, 0.6) is 5.75 Å². The maximum atomic E-state index is 9.03. The summed E-state index contributed by atoms with van der Waals surface area (Å²) < 4.78 is 6.01. The predicted molar refractivity (Wildman–Crippen MR) is 85.2 cm³/mol. The Morgan fingerprint density at radius 1 is 1.38 bits per heavy atom. The predicted octanol–water partition coefficient (Wildman–Crippen LogP) is 3.96. The molecule has 0 spiro atoms.